The van der Waals surface area contributed by atoms with Gasteiger partial charge in [0, 0.05) is 12.5 Å². The van der Waals surface area contributed by atoms with Crippen LogP contribution in [0.15, 0.2) is 91.0 Å². The van der Waals surface area contributed by atoms with Crippen LogP contribution in [-0.4, -0.2) is 30.1 Å². The Balaban J connectivity index is 1.55. The second-order valence-electron chi connectivity index (χ2n) is 8.21. The van der Waals surface area contributed by atoms with Gasteiger partial charge in [-0.1, -0.05) is 60.7 Å². The molecule has 4 aromatic carbocycles. The van der Waals surface area contributed by atoms with Crippen molar-refractivity contribution >= 4 is 11.9 Å². The number of hydrogen-bond donors (Lipinski definition) is 2. The van der Waals surface area contributed by atoms with Gasteiger partial charge in [-0.05, 0) is 52.1 Å². The fraction of sp³-hybridized carbons (Fsp3) is 0.103. The fourth-order valence-electron chi connectivity index (χ4n) is 3.89. The third-order valence-electron chi connectivity index (χ3n) is 5.73. The lowest BCUT2D eigenvalue weighted by Gasteiger charge is -2.18. The van der Waals surface area contributed by atoms with Crippen LogP contribution in [0.4, 0.5) is 8.78 Å². The molecule has 0 unspecified atom stereocenters. The minimum absolute atomic E-state index is 0.148. The van der Waals surface area contributed by atoms with Gasteiger partial charge in [-0.15, -0.1) is 0 Å². The third kappa shape index (κ3) is 5.75. The fourth-order valence-corrected chi connectivity index (χ4v) is 3.89. The average molecular weight is 488 g/mol. The van der Waals surface area contributed by atoms with E-state index in [1.54, 1.807) is 0 Å². The maximum Gasteiger partial charge on any atom is 0.328 e. The summed E-state index contributed by atoms with van der Waals surface area (Å²) in [7, 11) is 1.22. The van der Waals surface area contributed by atoms with Crippen molar-refractivity contribution in [3.8, 4) is 28.0 Å². The largest absolute Gasteiger partial charge is 0.507 e. The van der Waals surface area contributed by atoms with Crippen LogP contribution < -0.4 is 5.32 Å². The van der Waals surface area contributed by atoms with E-state index in [1.165, 1.54) is 25.3 Å². The zero-order valence-electron chi connectivity index (χ0n) is 19.4. The van der Waals surface area contributed by atoms with Crippen LogP contribution in [0.2, 0.25) is 0 Å². The van der Waals surface area contributed by atoms with E-state index in [9.17, 15) is 23.5 Å². The topological polar surface area (TPSA) is 75.6 Å². The lowest BCUT2D eigenvalue weighted by atomic mass is 9.99. The normalized spacial score (nSPS) is 11.5. The molecule has 0 heterocycles. The molecule has 0 saturated carbocycles. The van der Waals surface area contributed by atoms with Crippen molar-refractivity contribution in [1.82, 2.24) is 5.32 Å². The van der Waals surface area contributed by atoms with Crippen LogP contribution in [0.1, 0.15) is 15.9 Å². The van der Waals surface area contributed by atoms with E-state index in [0.717, 1.165) is 34.9 Å². The molecule has 0 saturated heterocycles. The molecule has 7 heteroatoms. The molecule has 1 amide bonds. The number of amides is 1. The summed E-state index contributed by atoms with van der Waals surface area (Å²) in [5, 5.41) is 12.9. The summed E-state index contributed by atoms with van der Waals surface area (Å²) >= 11 is 0. The quantitative estimate of drug-likeness (QED) is 0.337. The first kappa shape index (κ1) is 24.6. The number of carbonyl (C=O) groups is 2. The van der Waals surface area contributed by atoms with E-state index in [1.807, 2.05) is 54.6 Å². The van der Waals surface area contributed by atoms with Crippen molar-refractivity contribution in [1.29, 1.82) is 0 Å². The van der Waals surface area contributed by atoms with Crippen molar-refractivity contribution in [2.75, 3.05) is 7.11 Å². The number of ether oxygens (including phenoxy) is 1. The number of phenols is 1. The van der Waals surface area contributed by atoms with Crippen molar-refractivity contribution in [2.24, 2.45) is 0 Å². The van der Waals surface area contributed by atoms with Crippen molar-refractivity contribution in [2.45, 2.75) is 12.5 Å². The van der Waals surface area contributed by atoms with Gasteiger partial charge in [-0.25, -0.2) is 13.6 Å². The molecule has 0 radical (unpaired) electrons. The summed E-state index contributed by atoms with van der Waals surface area (Å²) in [6.45, 7) is 0. The van der Waals surface area contributed by atoms with E-state index in [4.69, 9.17) is 4.74 Å². The maximum atomic E-state index is 13.7. The Morgan fingerprint density at radius 1 is 0.806 bits per heavy atom. The molecule has 182 valence electrons. The van der Waals surface area contributed by atoms with Crippen LogP contribution in [0.3, 0.4) is 0 Å². The lowest BCUT2D eigenvalue weighted by Crippen LogP contribution is -2.43. The number of carbonyl (C=O) groups excluding carboxylic acids is 2. The second-order valence-corrected chi connectivity index (χ2v) is 8.21. The molecule has 4 rings (SSSR count). The summed E-state index contributed by atoms with van der Waals surface area (Å²) < 4.78 is 32.2. The summed E-state index contributed by atoms with van der Waals surface area (Å²) in [5.74, 6) is -3.27. The first-order chi connectivity index (χ1) is 17.3. The molecule has 0 aliphatic heterocycles. The van der Waals surface area contributed by atoms with Gasteiger partial charge >= 0.3 is 5.97 Å². The molecule has 0 aliphatic rings. The van der Waals surface area contributed by atoms with Crippen LogP contribution in [0.25, 0.3) is 22.3 Å². The lowest BCUT2D eigenvalue weighted by molar-refractivity contribution is -0.142. The Kier molecular flexibility index (Phi) is 7.39. The van der Waals surface area contributed by atoms with E-state index in [2.05, 4.69) is 5.32 Å². The van der Waals surface area contributed by atoms with Crippen LogP contribution >= 0.6 is 0 Å². The van der Waals surface area contributed by atoms with Gasteiger partial charge in [0.15, 0.2) is 0 Å². The monoisotopic (exact) mass is 487 g/mol. The molecule has 2 N–H and O–H groups in total. The number of benzene rings is 4. The minimum atomic E-state index is -1.03. The highest BCUT2D eigenvalue weighted by molar-refractivity contribution is 6.00. The number of esters is 1. The number of hydrogen-bond acceptors (Lipinski definition) is 4. The van der Waals surface area contributed by atoms with Crippen LogP contribution in [-0.2, 0) is 16.0 Å². The number of aromatic hydroxyl groups is 1. The molecule has 1 atom stereocenters. The van der Waals surface area contributed by atoms with E-state index < -0.39 is 29.6 Å². The number of halogens is 2. The first-order valence-electron chi connectivity index (χ1n) is 11.2. The SMILES string of the molecule is COC(=O)[C@H](Cc1ccc(-c2ccccc2)cc1)NC(=O)c1cc(-c2cc(F)cc(F)c2)ccc1O. The van der Waals surface area contributed by atoms with Gasteiger partial charge < -0.3 is 15.2 Å². The first-order valence-corrected chi connectivity index (χ1v) is 11.2. The zero-order valence-corrected chi connectivity index (χ0v) is 19.4. The summed E-state index contributed by atoms with van der Waals surface area (Å²) in [4.78, 5) is 25.5. The highest BCUT2D eigenvalue weighted by Crippen LogP contribution is 2.27. The Labute approximate surface area is 207 Å². The van der Waals surface area contributed by atoms with E-state index in [-0.39, 0.29) is 23.3 Å². The van der Waals surface area contributed by atoms with Gasteiger partial charge in [0.2, 0.25) is 0 Å². The Morgan fingerprint density at radius 2 is 1.42 bits per heavy atom. The summed E-state index contributed by atoms with van der Waals surface area (Å²) in [5.41, 5.74) is 3.22. The average Bonchev–Trinajstić information content (AvgIpc) is 2.88. The molecule has 0 aliphatic carbocycles. The number of methoxy groups -OCH3 is 1. The molecule has 4 aromatic rings. The number of phenolic OH excluding ortho intramolecular Hbond substituents is 1. The molecule has 0 fully saturated rings. The van der Waals surface area contributed by atoms with Crippen molar-refractivity contribution < 1.29 is 28.2 Å². The van der Waals surface area contributed by atoms with Gasteiger partial charge in [-0.3, -0.25) is 4.79 Å². The third-order valence-corrected chi connectivity index (χ3v) is 5.73. The predicted octanol–water partition coefficient (Wildman–Crippen LogP) is 5.52. The van der Waals surface area contributed by atoms with Crippen LogP contribution in [0, 0.1) is 11.6 Å². The molecule has 5 nitrogen and oxygen atoms in total. The maximum absolute atomic E-state index is 13.7. The van der Waals surface area contributed by atoms with Crippen molar-refractivity contribution in [3.63, 3.8) is 0 Å². The van der Waals surface area contributed by atoms with Gasteiger partial charge in [-0.2, -0.15) is 0 Å². The Morgan fingerprint density at radius 3 is 2.06 bits per heavy atom. The minimum Gasteiger partial charge on any atom is -0.507 e. The summed E-state index contributed by atoms with van der Waals surface area (Å²) in [6.07, 6.45) is 0.156. The molecule has 36 heavy (non-hydrogen) atoms. The number of rotatable bonds is 7. The van der Waals surface area contributed by atoms with Crippen LogP contribution in [0.5, 0.6) is 5.75 Å². The molecule has 0 bridgehead atoms. The van der Waals surface area contributed by atoms with Crippen molar-refractivity contribution in [3.05, 3.63) is 114 Å². The zero-order chi connectivity index (χ0) is 25.7. The Bertz CT molecular complexity index is 1370. The van der Waals surface area contributed by atoms with E-state index >= 15 is 0 Å². The number of nitrogens with one attached hydrogen (secondary N) is 1. The highest BCUT2D eigenvalue weighted by Gasteiger charge is 2.24. The smallest absolute Gasteiger partial charge is 0.328 e. The molecular weight excluding hydrogens is 464 g/mol. The van der Waals surface area contributed by atoms with Gasteiger partial charge in [0.1, 0.15) is 23.4 Å². The Hall–Kier alpha value is -4.52. The standard InChI is InChI=1S/C29H23F2NO4/c1-36-29(35)26(13-18-7-9-20(10-8-18)19-5-3-2-4-6-19)32-28(34)25-16-21(11-12-27(25)33)22-14-23(30)17-24(31)15-22/h2-12,14-17,26,33H,13H2,1H3,(H,32,34)/t26-/m0/s1. The molecule has 0 spiro atoms. The second kappa shape index (κ2) is 10.8. The predicted molar refractivity (Wildman–Crippen MR) is 132 cm³/mol. The highest BCUT2D eigenvalue weighted by atomic mass is 19.1. The molecule has 0 aromatic heterocycles. The van der Waals surface area contributed by atoms with Gasteiger partial charge in [0.25, 0.3) is 5.91 Å². The summed E-state index contributed by atoms with van der Waals surface area (Å²) in [6, 6.07) is 23.3. The van der Waals surface area contributed by atoms with E-state index in [0.29, 0.717) is 5.56 Å². The van der Waals surface area contributed by atoms with Gasteiger partial charge in [0.05, 0.1) is 12.7 Å². The molecular formula is C29H23F2NO4.